The lowest BCUT2D eigenvalue weighted by atomic mass is 9.97. The van der Waals surface area contributed by atoms with E-state index in [9.17, 15) is 4.79 Å². The number of likely N-dealkylation sites (tertiary alicyclic amines) is 1. The SMILES string of the molecule is CCCCC(C(=O)c1ccccc1)N1CCCCCC1.Cl. The number of benzene rings is 1. The van der Waals surface area contributed by atoms with Crippen molar-refractivity contribution in [1.29, 1.82) is 0 Å². The van der Waals surface area contributed by atoms with E-state index in [4.69, 9.17) is 0 Å². The predicted molar refractivity (Wildman–Crippen MR) is 91.4 cm³/mol. The van der Waals surface area contributed by atoms with E-state index < -0.39 is 0 Å². The maximum Gasteiger partial charge on any atom is 0.179 e. The van der Waals surface area contributed by atoms with Gasteiger partial charge in [-0.05, 0) is 32.4 Å². The highest BCUT2D eigenvalue weighted by Crippen LogP contribution is 2.19. The van der Waals surface area contributed by atoms with Crippen LogP contribution in [0.3, 0.4) is 0 Å². The van der Waals surface area contributed by atoms with Gasteiger partial charge in [0.2, 0.25) is 0 Å². The first kappa shape index (κ1) is 18.2. The van der Waals surface area contributed by atoms with Crippen LogP contribution >= 0.6 is 12.4 Å². The Morgan fingerprint density at radius 1 is 1.10 bits per heavy atom. The summed E-state index contributed by atoms with van der Waals surface area (Å²) < 4.78 is 0. The Morgan fingerprint density at radius 3 is 2.29 bits per heavy atom. The largest absolute Gasteiger partial charge is 0.293 e. The molecule has 1 aromatic rings. The number of hydrogen-bond donors (Lipinski definition) is 0. The molecule has 1 saturated heterocycles. The molecule has 1 heterocycles. The molecule has 0 spiro atoms. The molecule has 0 radical (unpaired) electrons. The van der Waals surface area contributed by atoms with E-state index >= 15 is 0 Å². The van der Waals surface area contributed by atoms with Crippen molar-refractivity contribution in [3.05, 3.63) is 35.9 Å². The van der Waals surface area contributed by atoms with Gasteiger partial charge in [0.15, 0.2) is 5.78 Å². The molecule has 118 valence electrons. The molecule has 0 N–H and O–H groups in total. The molecule has 1 aliphatic rings. The number of halogens is 1. The lowest BCUT2D eigenvalue weighted by Gasteiger charge is -2.29. The van der Waals surface area contributed by atoms with E-state index in [-0.39, 0.29) is 18.4 Å². The Labute approximate surface area is 135 Å². The van der Waals surface area contributed by atoms with Crippen LogP contribution in [-0.4, -0.2) is 29.8 Å². The molecule has 1 aliphatic heterocycles. The lowest BCUT2D eigenvalue weighted by Crippen LogP contribution is -2.41. The van der Waals surface area contributed by atoms with Gasteiger partial charge in [0.25, 0.3) is 0 Å². The topological polar surface area (TPSA) is 20.3 Å². The van der Waals surface area contributed by atoms with Gasteiger partial charge in [-0.2, -0.15) is 0 Å². The number of Topliss-reactive ketones (excluding diaryl/α,β-unsaturated/α-hetero) is 1. The molecule has 1 atom stereocenters. The first-order valence-corrected chi connectivity index (χ1v) is 8.16. The number of hydrogen-bond acceptors (Lipinski definition) is 2. The van der Waals surface area contributed by atoms with Crippen LogP contribution in [-0.2, 0) is 0 Å². The van der Waals surface area contributed by atoms with Crippen LogP contribution < -0.4 is 0 Å². The second-order valence-electron chi connectivity index (χ2n) is 5.84. The third kappa shape index (κ3) is 5.44. The van der Waals surface area contributed by atoms with Crippen molar-refractivity contribution < 1.29 is 4.79 Å². The van der Waals surface area contributed by atoms with Crippen LogP contribution in [0.1, 0.15) is 62.2 Å². The summed E-state index contributed by atoms with van der Waals surface area (Å²) in [6.45, 7) is 4.38. The Balaban J connectivity index is 0.00000220. The van der Waals surface area contributed by atoms with Gasteiger partial charge >= 0.3 is 0 Å². The number of carbonyl (C=O) groups is 1. The number of carbonyl (C=O) groups excluding carboxylic acids is 1. The molecule has 0 amide bonds. The highest BCUT2D eigenvalue weighted by atomic mass is 35.5. The maximum absolute atomic E-state index is 12.8. The molecule has 1 aromatic carbocycles. The van der Waals surface area contributed by atoms with Crippen molar-refractivity contribution in [2.45, 2.75) is 57.9 Å². The summed E-state index contributed by atoms with van der Waals surface area (Å²) >= 11 is 0. The summed E-state index contributed by atoms with van der Waals surface area (Å²) in [6.07, 6.45) is 8.42. The number of unbranched alkanes of at least 4 members (excludes halogenated alkanes) is 1. The van der Waals surface area contributed by atoms with Gasteiger partial charge in [-0.25, -0.2) is 0 Å². The van der Waals surface area contributed by atoms with Gasteiger partial charge in [0.05, 0.1) is 6.04 Å². The van der Waals surface area contributed by atoms with E-state index in [0.717, 1.165) is 37.9 Å². The second kappa shape index (κ2) is 9.97. The van der Waals surface area contributed by atoms with Gasteiger partial charge in [0.1, 0.15) is 0 Å². The van der Waals surface area contributed by atoms with E-state index in [1.54, 1.807) is 0 Å². The molecule has 2 nitrogen and oxygen atoms in total. The van der Waals surface area contributed by atoms with Crippen molar-refractivity contribution in [3.63, 3.8) is 0 Å². The van der Waals surface area contributed by atoms with Gasteiger partial charge < -0.3 is 0 Å². The smallest absolute Gasteiger partial charge is 0.179 e. The zero-order valence-corrected chi connectivity index (χ0v) is 13.9. The lowest BCUT2D eigenvalue weighted by molar-refractivity contribution is 0.0806. The standard InChI is InChI=1S/C18H27NO.ClH/c1-2-3-13-17(19-14-9-4-5-10-15-19)18(20)16-11-7-6-8-12-16;/h6-8,11-12,17H,2-5,9-10,13-15H2,1H3;1H. The Morgan fingerprint density at radius 2 is 1.71 bits per heavy atom. The third-order valence-electron chi connectivity index (χ3n) is 4.27. The van der Waals surface area contributed by atoms with Gasteiger partial charge in [0, 0.05) is 5.56 Å². The Hall–Kier alpha value is -0.860. The van der Waals surface area contributed by atoms with Crippen LogP contribution in [0.2, 0.25) is 0 Å². The van der Waals surface area contributed by atoms with Crippen molar-refractivity contribution in [2.24, 2.45) is 0 Å². The molecule has 0 aromatic heterocycles. The van der Waals surface area contributed by atoms with Crippen LogP contribution in [0, 0.1) is 0 Å². The van der Waals surface area contributed by atoms with Gasteiger partial charge in [-0.1, -0.05) is 62.9 Å². The van der Waals surface area contributed by atoms with Crippen LogP contribution in [0.25, 0.3) is 0 Å². The molecule has 1 fully saturated rings. The van der Waals surface area contributed by atoms with E-state index in [1.165, 1.54) is 25.7 Å². The summed E-state index contributed by atoms with van der Waals surface area (Å²) in [5.74, 6) is 0.320. The summed E-state index contributed by atoms with van der Waals surface area (Å²) in [5, 5.41) is 0. The normalized spacial score (nSPS) is 17.6. The Kier molecular flexibility index (Phi) is 8.63. The van der Waals surface area contributed by atoms with E-state index in [0.29, 0.717) is 5.78 Å². The third-order valence-corrected chi connectivity index (χ3v) is 4.27. The highest BCUT2D eigenvalue weighted by Gasteiger charge is 2.26. The van der Waals surface area contributed by atoms with Crippen LogP contribution in [0.4, 0.5) is 0 Å². The highest BCUT2D eigenvalue weighted by molar-refractivity contribution is 6.00. The molecule has 3 heteroatoms. The number of nitrogens with zero attached hydrogens (tertiary/aromatic N) is 1. The average Bonchev–Trinajstić information content (AvgIpc) is 2.77. The second-order valence-corrected chi connectivity index (χ2v) is 5.84. The Bertz CT molecular complexity index is 399. The summed E-state index contributed by atoms with van der Waals surface area (Å²) in [4.78, 5) is 15.3. The molecule has 21 heavy (non-hydrogen) atoms. The van der Waals surface area contributed by atoms with Gasteiger partial charge in [-0.15, -0.1) is 12.4 Å². The fraction of sp³-hybridized carbons (Fsp3) is 0.611. The molecule has 1 unspecified atom stereocenters. The average molecular weight is 310 g/mol. The molecule has 0 aliphatic carbocycles. The summed E-state index contributed by atoms with van der Waals surface area (Å²) in [7, 11) is 0. The fourth-order valence-corrected chi connectivity index (χ4v) is 3.08. The monoisotopic (exact) mass is 309 g/mol. The van der Waals surface area contributed by atoms with Crippen LogP contribution in [0.15, 0.2) is 30.3 Å². The van der Waals surface area contributed by atoms with Crippen molar-refractivity contribution in [1.82, 2.24) is 4.90 Å². The molecule has 2 rings (SSSR count). The molecule has 0 saturated carbocycles. The van der Waals surface area contributed by atoms with Crippen LogP contribution in [0.5, 0.6) is 0 Å². The minimum absolute atomic E-state index is 0. The summed E-state index contributed by atoms with van der Waals surface area (Å²) in [6, 6.07) is 9.91. The maximum atomic E-state index is 12.8. The van der Waals surface area contributed by atoms with Crippen molar-refractivity contribution in [3.8, 4) is 0 Å². The van der Waals surface area contributed by atoms with E-state index in [2.05, 4.69) is 11.8 Å². The summed E-state index contributed by atoms with van der Waals surface area (Å²) in [5.41, 5.74) is 0.873. The number of ketones is 1. The zero-order valence-electron chi connectivity index (χ0n) is 13.1. The minimum Gasteiger partial charge on any atom is -0.293 e. The molecular formula is C18H28ClNO. The quantitative estimate of drug-likeness (QED) is 0.708. The fourth-order valence-electron chi connectivity index (χ4n) is 3.08. The predicted octanol–water partition coefficient (Wildman–Crippen LogP) is 4.73. The van der Waals surface area contributed by atoms with E-state index in [1.807, 2.05) is 30.3 Å². The molecule has 0 bridgehead atoms. The first-order valence-electron chi connectivity index (χ1n) is 8.16. The van der Waals surface area contributed by atoms with Gasteiger partial charge in [-0.3, -0.25) is 9.69 Å². The van der Waals surface area contributed by atoms with Crippen molar-refractivity contribution in [2.75, 3.05) is 13.1 Å². The zero-order chi connectivity index (χ0) is 14.2. The first-order chi connectivity index (χ1) is 9.83. The molecular weight excluding hydrogens is 282 g/mol. The minimum atomic E-state index is 0. The van der Waals surface area contributed by atoms with Crippen molar-refractivity contribution >= 4 is 18.2 Å². The number of rotatable bonds is 6.